The fraction of sp³-hybridized carbons (Fsp3) is 0.700. The van der Waals surface area contributed by atoms with Crippen LogP contribution in [0, 0.1) is 0 Å². The van der Waals surface area contributed by atoms with Gasteiger partial charge in [0.25, 0.3) is 0 Å². The van der Waals surface area contributed by atoms with E-state index in [9.17, 15) is 59.4 Å². The van der Waals surface area contributed by atoms with Crippen molar-refractivity contribution < 1.29 is 134 Å². The van der Waals surface area contributed by atoms with Gasteiger partial charge in [-0.05, 0) is 38.8 Å². The molecule has 6 atom stereocenters. The number of aliphatic hydroxyl groups is 8. The Labute approximate surface area is 264 Å². The summed E-state index contributed by atoms with van der Waals surface area (Å²) in [5.41, 5.74) is 0. The second-order valence-electron chi connectivity index (χ2n) is 7.19. The van der Waals surface area contributed by atoms with Gasteiger partial charge in [-0.3, -0.25) is 0 Å². The molecule has 23 heteroatoms. The monoisotopic (exact) mass is 717 g/mol. The normalized spacial score (nSPS) is 13.7. The minimum absolute atomic E-state index is 0. The molecule has 0 amide bonds. The molecular weight excluding hydrogens is 686 g/mol. The molecule has 21 nitrogen and oxygen atoms in total. The molecule has 0 aromatic rings. The largest absolute Gasteiger partial charge is 3.00 e. The van der Waals surface area contributed by atoms with Gasteiger partial charge in [0.1, 0.15) is 36.6 Å². The third kappa shape index (κ3) is 32.3. The first-order chi connectivity index (χ1) is 18.8. The van der Waals surface area contributed by atoms with Crippen LogP contribution in [0.3, 0.4) is 0 Å². The number of hydrogen-bond donors (Lipinski definition) is 9. The molecule has 0 fully saturated rings. The molecule has 2 radical (unpaired) electrons. The molecule has 0 aliphatic rings. The predicted molar refractivity (Wildman–Crippen MR) is 112 cm³/mol. The van der Waals surface area contributed by atoms with Gasteiger partial charge in [-0.1, -0.05) is 0 Å². The van der Waals surface area contributed by atoms with E-state index in [4.69, 9.17) is 40.9 Å². The molecule has 0 heterocycles. The van der Waals surface area contributed by atoms with E-state index < -0.39 is 72.4 Å². The van der Waals surface area contributed by atoms with Gasteiger partial charge in [0.15, 0.2) is 0 Å². The van der Waals surface area contributed by atoms with Crippen LogP contribution in [-0.4, -0.2) is 140 Å². The van der Waals surface area contributed by atoms with Crippen molar-refractivity contribution >= 4 is 35.8 Å². The Hall–Kier alpha value is -2.50. The van der Waals surface area contributed by atoms with E-state index in [0.29, 0.717) is 13.2 Å². The van der Waals surface area contributed by atoms with Crippen LogP contribution < -0.4 is 36.0 Å². The maximum atomic E-state index is 9.63. The molecule has 9 N–H and O–H groups in total. The number of rotatable bonds is 17. The first-order valence-electron chi connectivity index (χ1n) is 11.1. The quantitative estimate of drug-likeness (QED) is 0.0498. The summed E-state index contributed by atoms with van der Waals surface area (Å²) in [6.45, 7) is 2.54. The van der Waals surface area contributed by atoms with Gasteiger partial charge in [0.05, 0.1) is 35.8 Å². The molecule has 0 aliphatic carbocycles. The minimum atomic E-state index is -2.44. The number of unbranched alkanes of at least 4 members (excludes halogenated alkanes) is 2. The number of carboxylic acid groups (broad SMARTS) is 6. The average Bonchev–Trinajstić information content (AvgIpc) is 2.90. The van der Waals surface area contributed by atoms with Gasteiger partial charge in [-0.25, -0.2) is 0 Å². The summed E-state index contributed by atoms with van der Waals surface area (Å²) in [4.78, 5) is 57.8. The van der Waals surface area contributed by atoms with E-state index in [-0.39, 0.29) is 34.1 Å². The van der Waals surface area contributed by atoms with Crippen LogP contribution in [0.5, 0.6) is 0 Å². The number of hydrogen-bond acceptors (Lipinski definition) is 21. The van der Waals surface area contributed by atoms with E-state index in [0.717, 1.165) is 38.8 Å². The zero-order valence-corrected chi connectivity index (χ0v) is 24.0. The van der Waals surface area contributed by atoms with Gasteiger partial charge < -0.3 is 106 Å². The smallest absolute Gasteiger partial charge is 0.547 e. The maximum absolute atomic E-state index is 9.63. The molecule has 43 heavy (non-hydrogen) atoms. The summed E-state index contributed by atoms with van der Waals surface area (Å²) < 4.78 is 0. The SMILES string of the molecule is O=C([O-])C(O)C(O)C(=O)[O-].O=C([O-])C(O)C(O)C(=O)[O-].O=C([O-])C(O)C(O)C(=O)[O-].OCCCCNCCCCO.[Fe+3].[Fe+3]. The van der Waals surface area contributed by atoms with E-state index >= 15 is 0 Å². The molecule has 0 saturated carbocycles. The zero-order chi connectivity index (χ0) is 33.3. The number of carboxylic acids is 6. The summed E-state index contributed by atoms with van der Waals surface area (Å²) in [5, 5.41) is 127. The molecule has 0 spiro atoms. The van der Waals surface area contributed by atoms with Crippen LogP contribution >= 0.6 is 0 Å². The summed E-state index contributed by atoms with van der Waals surface area (Å²) in [5.74, 6) is -12.4. The van der Waals surface area contributed by atoms with Crippen molar-refractivity contribution in [3.63, 3.8) is 0 Å². The second-order valence-corrected chi connectivity index (χ2v) is 7.19. The Balaban J connectivity index is -0.000000105. The molecule has 0 bridgehead atoms. The molecule has 0 aromatic heterocycles. The van der Waals surface area contributed by atoms with Crippen molar-refractivity contribution in [3.8, 4) is 0 Å². The van der Waals surface area contributed by atoms with Gasteiger partial charge >= 0.3 is 34.1 Å². The van der Waals surface area contributed by atoms with Crippen LogP contribution in [0.2, 0.25) is 0 Å². The Bertz CT molecular complexity index is 640. The standard InChI is InChI=1S/C8H19NO2.3C4H6O6.2Fe/c10-7-3-1-5-9-6-2-4-8-11;3*5-1(3(7)8)2(6)4(9)10;;/h9-11H,1-8H2;3*1-2,5-6H,(H,7,8)(H,9,10);;/q;;;;2*+3/p-6. The van der Waals surface area contributed by atoms with Gasteiger partial charge in [0.2, 0.25) is 0 Å². The van der Waals surface area contributed by atoms with Crippen molar-refractivity contribution in [3.05, 3.63) is 0 Å². The molecule has 0 aliphatic heterocycles. The fourth-order valence-corrected chi connectivity index (χ4v) is 1.62. The van der Waals surface area contributed by atoms with Crippen molar-refractivity contribution in [2.75, 3.05) is 26.3 Å². The number of carbonyl (C=O) groups excluding carboxylic acids is 6. The molecular formula is C20H31Fe2NO20. The first kappa shape index (κ1) is 53.1. The van der Waals surface area contributed by atoms with E-state index in [2.05, 4.69) is 5.32 Å². The van der Waals surface area contributed by atoms with Gasteiger partial charge in [-0.15, -0.1) is 0 Å². The Morgan fingerprint density at radius 1 is 0.419 bits per heavy atom. The Morgan fingerprint density at radius 2 is 0.581 bits per heavy atom. The van der Waals surface area contributed by atoms with E-state index in [1.165, 1.54) is 0 Å². The van der Waals surface area contributed by atoms with Crippen LogP contribution in [0.1, 0.15) is 25.7 Å². The minimum Gasteiger partial charge on any atom is -0.547 e. The third-order valence-electron chi connectivity index (χ3n) is 3.87. The van der Waals surface area contributed by atoms with Crippen LogP contribution in [-0.2, 0) is 62.9 Å². The van der Waals surface area contributed by atoms with Crippen LogP contribution in [0.4, 0.5) is 0 Å². The summed E-state index contributed by atoms with van der Waals surface area (Å²) in [6.07, 6.45) is -10.8. The molecule has 0 aromatic carbocycles. The predicted octanol–water partition coefficient (Wildman–Crippen LogP) is -14.3. The van der Waals surface area contributed by atoms with E-state index in [1.807, 2.05) is 0 Å². The second kappa shape index (κ2) is 32.4. The Kier molecular flexibility index (Phi) is 40.0. The molecule has 252 valence electrons. The van der Waals surface area contributed by atoms with Gasteiger partial charge in [-0.2, -0.15) is 0 Å². The van der Waals surface area contributed by atoms with Crippen LogP contribution in [0.25, 0.3) is 0 Å². The summed E-state index contributed by atoms with van der Waals surface area (Å²) in [6, 6.07) is 0. The average molecular weight is 717 g/mol. The zero-order valence-electron chi connectivity index (χ0n) is 21.8. The number of aliphatic hydroxyl groups excluding tert-OH is 8. The van der Waals surface area contributed by atoms with Gasteiger partial charge in [0, 0.05) is 13.2 Å². The molecule has 0 rings (SSSR count). The third-order valence-corrected chi connectivity index (χ3v) is 3.87. The fourth-order valence-electron chi connectivity index (χ4n) is 1.62. The summed E-state index contributed by atoms with van der Waals surface area (Å²) in [7, 11) is 0. The molecule has 0 saturated heterocycles. The summed E-state index contributed by atoms with van der Waals surface area (Å²) >= 11 is 0. The van der Waals surface area contributed by atoms with E-state index in [1.54, 1.807) is 0 Å². The number of carbonyl (C=O) groups is 6. The molecule has 6 unspecified atom stereocenters. The number of nitrogens with one attached hydrogen (secondary N) is 1. The van der Waals surface area contributed by atoms with Crippen molar-refractivity contribution in [1.29, 1.82) is 0 Å². The first-order valence-corrected chi connectivity index (χ1v) is 11.1. The van der Waals surface area contributed by atoms with Crippen molar-refractivity contribution in [1.82, 2.24) is 5.32 Å². The topological polar surface area (TPSA) is 415 Å². The maximum Gasteiger partial charge on any atom is 3.00 e. The van der Waals surface area contributed by atoms with Crippen LogP contribution in [0.15, 0.2) is 0 Å². The van der Waals surface area contributed by atoms with Crippen molar-refractivity contribution in [2.24, 2.45) is 0 Å². The Morgan fingerprint density at radius 3 is 0.698 bits per heavy atom. The number of aliphatic carboxylic acids is 6. The van der Waals surface area contributed by atoms with Crippen molar-refractivity contribution in [2.45, 2.75) is 62.3 Å².